The van der Waals surface area contributed by atoms with Crippen molar-refractivity contribution in [3.63, 3.8) is 0 Å². The molecule has 2 fully saturated rings. The minimum atomic E-state index is -4.77. The van der Waals surface area contributed by atoms with Gasteiger partial charge in [0, 0.05) is 24.7 Å². The Morgan fingerprint density at radius 1 is 0.951 bits per heavy atom. The van der Waals surface area contributed by atoms with Crippen LogP contribution in [0.5, 0.6) is 5.75 Å². The highest BCUT2D eigenvalue weighted by Gasteiger charge is 2.50. The molecule has 0 bridgehead atoms. The van der Waals surface area contributed by atoms with Crippen molar-refractivity contribution in [1.29, 1.82) is 0 Å². The lowest BCUT2D eigenvalue weighted by Gasteiger charge is -2.35. The summed E-state index contributed by atoms with van der Waals surface area (Å²) in [5.74, 6) is -4.87. The number of rotatable bonds is 9. The van der Waals surface area contributed by atoms with Crippen LogP contribution in [-0.4, -0.2) is 56.7 Å². The molecule has 0 radical (unpaired) electrons. The fourth-order valence-electron chi connectivity index (χ4n) is 4.93. The zero-order valence-electron chi connectivity index (χ0n) is 22.2. The molecule has 13 heteroatoms. The number of sulfonamides is 1. The molecule has 1 heterocycles. The van der Waals surface area contributed by atoms with Crippen molar-refractivity contribution in [3.05, 3.63) is 66.2 Å². The van der Waals surface area contributed by atoms with Gasteiger partial charge in [-0.1, -0.05) is 30.8 Å². The number of halogens is 5. The average Bonchev–Trinajstić information content (AvgIpc) is 3.44. The van der Waals surface area contributed by atoms with Gasteiger partial charge in [-0.05, 0) is 68.4 Å². The summed E-state index contributed by atoms with van der Waals surface area (Å²) in [6, 6.07) is 5.48. The Hall–Kier alpha value is -3.03. The molecule has 1 saturated heterocycles. The number of nitrogens with two attached hydrogens (primary N) is 1. The van der Waals surface area contributed by atoms with Crippen LogP contribution in [-0.2, 0) is 20.7 Å². The van der Waals surface area contributed by atoms with E-state index in [2.05, 4.69) is 6.58 Å². The number of carbonyl (C=O) groups is 1. The summed E-state index contributed by atoms with van der Waals surface area (Å²) in [4.78, 5) is 14.1. The second kappa shape index (κ2) is 12.1. The molecule has 4 rings (SSSR count). The standard InChI is InChI=1S/C28H32F5N3O4S/c1-18(28(31,32)33)19-6-8-20(9-7-19)27(29,30)25(26(37)36-16-14-21(34)15-17-36)35-41(38,39)24-12-10-23(11-13-24)40-22-4-2-3-5-22/h6-13,21-22,25,35H,1-5,14-17,34H2. The number of benzene rings is 2. The number of ether oxygens (including phenoxy) is 1. The second-order valence-electron chi connectivity index (χ2n) is 10.4. The number of nitrogens with zero attached hydrogens (tertiary/aromatic N) is 1. The molecular formula is C28H32F5N3O4S. The van der Waals surface area contributed by atoms with Crippen LogP contribution in [0.15, 0.2) is 60.0 Å². The van der Waals surface area contributed by atoms with Crippen LogP contribution in [0.2, 0.25) is 0 Å². The van der Waals surface area contributed by atoms with Gasteiger partial charge in [-0.2, -0.15) is 26.7 Å². The third-order valence-corrected chi connectivity index (χ3v) is 8.87. The van der Waals surface area contributed by atoms with Crippen molar-refractivity contribution in [2.45, 2.75) is 73.7 Å². The van der Waals surface area contributed by atoms with Crippen LogP contribution in [0, 0.1) is 0 Å². The highest BCUT2D eigenvalue weighted by molar-refractivity contribution is 7.89. The fourth-order valence-corrected chi connectivity index (χ4v) is 6.11. The Kier molecular flexibility index (Phi) is 9.10. The highest BCUT2D eigenvalue weighted by atomic mass is 32.2. The molecule has 1 aliphatic heterocycles. The van der Waals surface area contributed by atoms with E-state index < -0.39 is 50.8 Å². The van der Waals surface area contributed by atoms with Gasteiger partial charge in [0.2, 0.25) is 15.9 Å². The minimum Gasteiger partial charge on any atom is -0.490 e. The van der Waals surface area contributed by atoms with Gasteiger partial charge in [-0.15, -0.1) is 0 Å². The maximum absolute atomic E-state index is 15.9. The van der Waals surface area contributed by atoms with E-state index in [9.17, 15) is 26.4 Å². The SMILES string of the molecule is C=C(c1ccc(C(F)(F)C(NS(=O)(=O)c2ccc(OC3CCCC3)cc2)C(=O)N2CCC(N)CC2)cc1)C(F)(F)F. The largest absolute Gasteiger partial charge is 0.490 e. The van der Waals surface area contributed by atoms with Crippen LogP contribution in [0.1, 0.15) is 49.7 Å². The summed E-state index contributed by atoms with van der Waals surface area (Å²) in [6.45, 7) is 3.05. The number of piperidine rings is 1. The summed E-state index contributed by atoms with van der Waals surface area (Å²) in [5.41, 5.74) is 3.35. The summed E-state index contributed by atoms with van der Waals surface area (Å²) >= 11 is 0. The van der Waals surface area contributed by atoms with Crippen molar-refractivity contribution >= 4 is 21.5 Å². The first-order valence-electron chi connectivity index (χ1n) is 13.3. The normalized spacial score (nSPS) is 18.3. The molecule has 1 amide bonds. The van der Waals surface area contributed by atoms with E-state index >= 15 is 8.78 Å². The number of carbonyl (C=O) groups excluding carboxylic acids is 1. The lowest BCUT2D eigenvalue weighted by Crippen LogP contribution is -2.57. The van der Waals surface area contributed by atoms with Crippen LogP contribution in [0.3, 0.4) is 0 Å². The van der Waals surface area contributed by atoms with Crippen molar-refractivity contribution in [3.8, 4) is 5.75 Å². The van der Waals surface area contributed by atoms with E-state index in [0.29, 0.717) is 18.6 Å². The Balaban J connectivity index is 1.62. The number of hydrogen-bond donors (Lipinski definition) is 2. The molecule has 7 nitrogen and oxygen atoms in total. The number of allylic oxidation sites excluding steroid dienone is 1. The van der Waals surface area contributed by atoms with Gasteiger partial charge in [0.1, 0.15) is 5.75 Å². The fraction of sp³-hybridized carbons (Fsp3) is 0.464. The van der Waals surface area contributed by atoms with Gasteiger partial charge in [0.25, 0.3) is 5.92 Å². The maximum Gasteiger partial charge on any atom is 0.416 e. The first-order chi connectivity index (χ1) is 19.2. The highest BCUT2D eigenvalue weighted by Crippen LogP contribution is 2.37. The summed E-state index contributed by atoms with van der Waals surface area (Å²) in [7, 11) is -4.65. The van der Waals surface area contributed by atoms with E-state index in [1.54, 1.807) is 0 Å². The van der Waals surface area contributed by atoms with Crippen LogP contribution in [0.4, 0.5) is 22.0 Å². The Labute approximate surface area is 235 Å². The number of nitrogens with one attached hydrogen (secondary N) is 1. The van der Waals surface area contributed by atoms with E-state index in [4.69, 9.17) is 10.5 Å². The van der Waals surface area contributed by atoms with Crippen molar-refractivity contribution in [2.75, 3.05) is 13.1 Å². The Bertz CT molecular complexity index is 1330. The quantitative estimate of drug-likeness (QED) is 0.396. The molecule has 2 aromatic rings. The molecule has 3 N–H and O–H groups in total. The van der Waals surface area contributed by atoms with Gasteiger partial charge in [-0.25, -0.2) is 8.42 Å². The van der Waals surface area contributed by atoms with Gasteiger partial charge in [0.15, 0.2) is 6.04 Å². The molecule has 224 valence electrons. The van der Waals surface area contributed by atoms with Crippen molar-refractivity contribution in [1.82, 2.24) is 9.62 Å². The van der Waals surface area contributed by atoms with E-state index in [1.807, 2.05) is 4.72 Å². The molecule has 1 atom stereocenters. The van der Waals surface area contributed by atoms with Gasteiger partial charge >= 0.3 is 6.18 Å². The van der Waals surface area contributed by atoms with Crippen LogP contribution in [0.25, 0.3) is 5.57 Å². The molecule has 41 heavy (non-hydrogen) atoms. The van der Waals surface area contributed by atoms with E-state index in [1.165, 1.54) is 24.3 Å². The Morgan fingerprint density at radius 3 is 2.05 bits per heavy atom. The number of hydrogen-bond acceptors (Lipinski definition) is 5. The van der Waals surface area contributed by atoms with Gasteiger partial charge in [-0.3, -0.25) is 4.79 Å². The molecule has 1 saturated carbocycles. The number of alkyl halides is 5. The molecule has 0 spiro atoms. The maximum atomic E-state index is 15.9. The van der Waals surface area contributed by atoms with E-state index in [-0.39, 0.29) is 30.1 Å². The van der Waals surface area contributed by atoms with Crippen LogP contribution < -0.4 is 15.2 Å². The van der Waals surface area contributed by atoms with E-state index in [0.717, 1.165) is 54.8 Å². The average molecular weight is 602 g/mol. The lowest BCUT2D eigenvalue weighted by atomic mass is 9.96. The zero-order chi connectivity index (χ0) is 30.0. The smallest absolute Gasteiger partial charge is 0.416 e. The predicted octanol–water partition coefficient (Wildman–Crippen LogP) is 4.97. The third kappa shape index (κ3) is 7.25. The molecule has 2 aromatic carbocycles. The monoisotopic (exact) mass is 601 g/mol. The van der Waals surface area contributed by atoms with Gasteiger partial charge < -0.3 is 15.4 Å². The topological polar surface area (TPSA) is 102 Å². The lowest BCUT2D eigenvalue weighted by molar-refractivity contribution is -0.145. The molecule has 2 aliphatic rings. The Morgan fingerprint density at radius 2 is 1.51 bits per heavy atom. The van der Waals surface area contributed by atoms with Crippen molar-refractivity contribution < 1.29 is 39.9 Å². The molecule has 0 aromatic heterocycles. The zero-order valence-corrected chi connectivity index (χ0v) is 23.0. The predicted molar refractivity (Wildman–Crippen MR) is 143 cm³/mol. The molecular weight excluding hydrogens is 569 g/mol. The third-order valence-electron chi connectivity index (χ3n) is 7.43. The molecule has 1 aliphatic carbocycles. The van der Waals surface area contributed by atoms with Gasteiger partial charge in [0.05, 0.1) is 16.6 Å². The first kappa shape index (κ1) is 30.9. The summed E-state index contributed by atoms with van der Waals surface area (Å²) < 4.78 is 105. The van der Waals surface area contributed by atoms with Crippen LogP contribution >= 0.6 is 0 Å². The minimum absolute atomic E-state index is 0.0219. The second-order valence-corrected chi connectivity index (χ2v) is 12.1. The molecule has 1 unspecified atom stereocenters. The summed E-state index contributed by atoms with van der Waals surface area (Å²) in [6.07, 6.45) is -0.235. The number of likely N-dealkylation sites (tertiary alicyclic amines) is 1. The van der Waals surface area contributed by atoms with Crippen molar-refractivity contribution in [2.24, 2.45) is 5.73 Å². The first-order valence-corrected chi connectivity index (χ1v) is 14.7. The summed E-state index contributed by atoms with van der Waals surface area (Å²) in [5, 5.41) is 0. The number of amides is 1.